The molecule has 3 rings (SSSR count). The molecule has 0 unspecified atom stereocenters. The van der Waals surface area contributed by atoms with Gasteiger partial charge >= 0.3 is 0 Å². The van der Waals surface area contributed by atoms with E-state index in [-0.39, 0.29) is 5.78 Å². The van der Waals surface area contributed by atoms with Gasteiger partial charge in [-0.2, -0.15) is 0 Å². The molecule has 0 aliphatic carbocycles. The fraction of sp³-hybridized carbons (Fsp3) is 0.444. The highest BCUT2D eigenvalue weighted by Gasteiger charge is 2.13. The topological polar surface area (TPSA) is 46.9 Å². The summed E-state index contributed by atoms with van der Waals surface area (Å²) in [5, 5.41) is 1.24. The number of nitrogens with zero attached hydrogens (tertiary/aromatic N) is 3. The van der Waals surface area contributed by atoms with Crippen LogP contribution in [0, 0.1) is 6.92 Å². The minimum atomic E-state index is 0.126. The van der Waals surface area contributed by atoms with Crippen molar-refractivity contribution in [3.8, 4) is 11.5 Å². The van der Waals surface area contributed by atoms with Gasteiger partial charge in [0.15, 0.2) is 17.3 Å². The number of fused-ring (bicyclic) bond motifs is 1. The predicted molar refractivity (Wildman–Crippen MR) is 135 cm³/mol. The highest BCUT2D eigenvalue weighted by atomic mass is 16.5. The highest BCUT2D eigenvalue weighted by molar-refractivity contribution is 5.96. The lowest BCUT2D eigenvalue weighted by atomic mass is 10.1. The second-order valence-corrected chi connectivity index (χ2v) is 8.99. The number of hydrogen-bond donors (Lipinski definition) is 0. The highest BCUT2D eigenvalue weighted by Crippen LogP contribution is 2.29. The number of carbonyl (C=O) groups is 1. The minimum absolute atomic E-state index is 0.126. The van der Waals surface area contributed by atoms with Gasteiger partial charge in [0.1, 0.15) is 13.2 Å². The molecule has 1 heterocycles. The van der Waals surface area contributed by atoms with Gasteiger partial charge in [-0.05, 0) is 77.3 Å². The first-order valence-electron chi connectivity index (χ1n) is 11.6. The Morgan fingerprint density at radius 3 is 2.24 bits per heavy atom. The molecule has 6 nitrogen and oxygen atoms in total. The van der Waals surface area contributed by atoms with Crippen LogP contribution in [0.3, 0.4) is 0 Å². The fourth-order valence-corrected chi connectivity index (χ4v) is 3.78. The first-order valence-corrected chi connectivity index (χ1v) is 11.6. The summed E-state index contributed by atoms with van der Waals surface area (Å²) in [4.78, 5) is 17.1. The van der Waals surface area contributed by atoms with Crippen molar-refractivity contribution in [3.63, 3.8) is 0 Å². The number of ketones is 1. The van der Waals surface area contributed by atoms with Gasteiger partial charge in [0, 0.05) is 42.8 Å². The molecule has 0 amide bonds. The number of Topliss-reactive ketones (excluding diaryl/α,β-unsaturated/α-hetero) is 1. The van der Waals surface area contributed by atoms with E-state index in [9.17, 15) is 4.79 Å². The maximum Gasteiger partial charge on any atom is 0.163 e. The zero-order valence-electron chi connectivity index (χ0n) is 20.6. The summed E-state index contributed by atoms with van der Waals surface area (Å²) >= 11 is 0. The Hall–Kier alpha value is -2.83. The summed E-state index contributed by atoms with van der Waals surface area (Å²) < 4.78 is 14.2. The summed E-state index contributed by atoms with van der Waals surface area (Å²) in [6.07, 6.45) is 1.28. The molecule has 0 saturated heterocycles. The molecule has 0 spiro atoms. The summed E-state index contributed by atoms with van der Waals surface area (Å²) in [7, 11) is 8.04. The van der Waals surface area contributed by atoms with E-state index < -0.39 is 0 Å². The maximum atomic E-state index is 13.0. The van der Waals surface area contributed by atoms with E-state index in [2.05, 4.69) is 51.6 Å². The van der Waals surface area contributed by atoms with Crippen LogP contribution in [-0.4, -0.2) is 74.6 Å². The van der Waals surface area contributed by atoms with Crippen molar-refractivity contribution >= 4 is 16.7 Å². The number of para-hydroxylation sites is 1. The van der Waals surface area contributed by atoms with Crippen LogP contribution in [-0.2, 0) is 6.54 Å². The average Bonchev–Trinajstić information content (AvgIpc) is 3.09. The van der Waals surface area contributed by atoms with Crippen molar-refractivity contribution in [2.75, 3.05) is 54.5 Å². The zero-order valence-corrected chi connectivity index (χ0v) is 20.6. The number of ether oxygens (including phenoxy) is 2. The van der Waals surface area contributed by atoms with E-state index in [1.807, 2.05) is 46.4 Å². The van der Waals surface area contributed by atoms with E-state index in [0.29, 0.717) is 36.7 Å². The first kappa shape index (κ1) is 24.8. The van der Waals surface area contributed by atoms with Crippen LogP contribution in [0.25, 0.3) is 10.9 Å². The van der Waals surface area contributed by atoms with Crippen LogP contribution in [0.4, 0.5) is 0 Å². The second kappa shape index (κ2) is 11.9. The van der Waals surface area contributed by atoms with Crippen molar-refractivity contribution < 1.29 is 14.3 Å². The largest absolute Gasteiger partial charge is 0.488 e. The molecular weight excluding hydrogens is 414 g/mol. The van der Waals surface area contributed by atoms with Gasteiger partial charge < -0.3 is 23.8 Å². The Labute approximate surface area is 197 Å². The van der Waals surface area contributed by atoms with Crippen molar-refractivity contribution in [2.24, 2.45) is 0 Å². The first-order chi connectivity index (χ1) is 15.8. The summed E-state index contributed by atoms with van der Waals surface area (Å²) in [5.74, 6) is 1.44. The van der Waals surface area contributed by atoms with Gasteiger partial charge in [-0.25, -0.2) is 0 Å². The van der Waals surface area contributed by atoms with E-state index in [1.165, 1.54) is 16.6 Å². The Kier molecular flexibility index (Phi) is 8.92. The maximum absolute atomic E-state index is 13.0. The summed E-state index contributed by atoms with van der Waals surface area (Å²) in [6.45, 7) is 5.64. The molecule has 0 fully saturated rings. The van der Waals surface area contributed by atoms with Crippen LogP contribution in [0.15, 0.2) is 48.5 Å². The van der Waals surface area contributed by atoms with Crippen molar-refractivity contribution in [3.05, 3.63) is 59.8 Å². The third-order valence-corrected chi connectivity index (χ3v) is 5.66. The van der Waals surface area contributed by atoms with Crippen LogP contribution in [0.1, 0.15) is 28.9 Å². The van der Waals surface area contributed by atoms with Crippen LogP contribution < -0.4 is 9.47 Å². The number of rotatable bonds is 13. The van der Waals surface area contributed by atoms with Gasteiger partial charge in [-0.15, -0.1) is 0 Å². The molecule has 0 bridgehead atoms. The van der Waals surface area contributed by atoms with E-state index in [0.717, 1.165) is 26.1 Å². The Morgan fingerprint density at radius 2 is 1.55 bits per heavy atom. The SMILES string of the molecule is Cc1cc2ccccc2n1CCCC(=O)c1ccc(OCCN(C)C)c(OCCN(C)C)c1. The quantitative estimate of drug-likeness (QED) is 0.358. The molecule has 1 aromatic heterocycles. The molecule has 0 radical (unpaired) electrons. The number of aryl methyl sites for hydroxylation is 2. The number of likely N-dealkylation sites (N-methyl/N-ethyl adjacent to an activating group) is 2. The third kappa shape index (κ3) is 7.07. The lowest BCUT2D eigenvalue weighted by Crippen LogP contribution is -2.21. The van der Waals surface area contributed by atoms with Gasteiger partial charge in [0.2, 0.25) is 0 Å². The number of hydrogen-bond acceptors (Lipinski definition) is 5. The number of aromatic nitrogens is 1. The molecule has 0 saturated carbocycles. The Balaban J connectivity index is 1.64. The molecule has 6 heteroatoms. The van der Waals surface area contributed by atoms with Crippen LogP contribution in [0.2, 0.25) is 0 Å². The van der Waals surface area contributed by atoms with Crippen LogP contribution >= 0.6 is 0 Å². The lowest BCUT2D eigenvalue weighted by Gasteiger charge is -2.17. The van der Waals surface area contributed by atoms with Gasteiger partial charge in [-0.3, -0.25) is 4.79 Å². The van der Waals surface area contributed by atoms with Crippen molar-refractivity contribution in [1.29, 1.82) is 0 Å². The third-order valence-electron chi connectivity index (χ3n) is 5.66. The molecule has 178 valence electrons. The molecule has 0 N–H and O–H groups in total. The molecular formula is C27H37N3O3. The monoisotopic (exact) mass is 451 g/mol. The molecule has 33 heavy (non-hydrogen) atoms. The van der Waals surface area contributed by atoms with E-state index in [4.69, 9.17) is 9.47 Å². The predicted octanol–water partition coefficient (Wildman–Crippen LogP) is 4.49. The second-order valence-electron chi connectivity index (χ2n) is 8.99. The number of benzene rings is 2. The zero-order chi connectivity index (χ0) is 23.8. The molecule has 3 aromatic rings. The van der Waals surface area contributed by atoms with Crippen LogP contribution in [0.5, 0.6) is 11.5 Å². The van der Waals surface area contributed by atoms with E-state index in [1.54, 1.807) is 0 Å². The molecule has 0 aliphatic rings. The van der Waals surface area contributed by atoms with Gasteiger partial charge in [-0.1, -0.05) is 18.2 Å². The standard InChI is InChI=1S/C27H37N3O3/c1-21-19-22-9-6-7-10-24(22)30(21)14-8-11-25(31)23-12-13-26(32-17-15-28(2)3)27(20-23)33-18-16-29(4)5/h6-7,9-10,12-13,19-20H,8,11,14-18H2,1-5H3. The molecule has 0 atom stereocenters. The van der Waals surface area contributed by atoms with Crippen molar-refractivity contribution in [2.45, 2.75) is 26.3 Å². The van der Waals surface area contributed by atoms with Crippen molar-refractivity contribution in [1.82, 2.24) is 14.4 Å². The summed E-state index contributed by atoms with van der Waals surface area (Å²) in [6, 6.07) is 16.1. The smallest absolute Gasteiger partial charge is 0.163 e. The Morgan fingerprint density at radius 1 is 0.879 bits per heavy atom. The summed E-state index contributed by atoms with van der Waals surface area (Å²) in [5.41, 5.74) is 3.11. The average molecular weight is 452 g/mol. The van der Waals surface area contributed by atoms with E-state index >= 15 is 0 Å². The lowest BCUT2D eigenvalue weighted by molar-refractivity contribution is 0.0978. The van der Waals surface area contributed by atoms with Gasteiger partial charge in [0.25, 0.3) is 0 Å². The molecule has 2 aromatic carbocycles. The fourth-order valence-electron chi connectivity index (χ4n) is 3.78. The minimum Gasteiger partial charge on any atom is -0.488 e. The van der Waals surface area contributed by atoms with Gasteiger partial charge in [0.05, 0.1) is 0 Å². The Bertz CT molecular complexity index is 1060. The molecule has 0 aliphatic heterocycles. The normalized spacial score (nSPS) is 11.5. The number of carbonyl (C=O) groups excluding carboxylic acids is 1.